The van der Waals surface area contributed by atoms with Crippen LogP contribution in [0.4, 0.5) is 13.2 Å². The molecule has 6 heteroatoms. The van der Waals surface area contributed by atoms with Gasteiger partial charge in [-0.05, 0) is 13.0 Å². The molecule has 1 N–H and O–H groups in total. The number of rotatable bonds is 1. The lowest BCUT2D eigenvalue weighted by molar-refractivity contribution is -0.261. The average molecular weight is 209 g/mol. The molecule has 0 spiro atoms. The number of hydrogen-bond donors (Lipinski definition) is 1. The summed E-state index contributed by atoms with van der Waals surface area (Å²) in [5, 5.41) is 2.45. The quantitative estimate of drug-likeness (QED) is 0.703. The van der Waals surface area contributed by atoms with Gasteiger partial charge in [-0.2, -0.15) is 13.2 Å². The van der Waals surface area contributed by atoms with E-state index in [9.17, 15) is 13.2 Å². The first-order chi connectivity index (χ1) is 6.16. The Bertz CT molecular complexity index is 215. The van der Waals surface area contributed by atoms with Crippen molar-refractivity contribution in [3.63, 3.8) is 0 Å². The number of ether oxygens (including phenoxy) is 1. The Morgan fingerprint density at radius 2 is 2.25 bits per heavy atom. The second-order valence-electron chi connectivity index (χ2n) is 2.52. The minimum absolute atomic E-state index is 0. The molecule has 74 valence electrons. The average Bonchev–Trinajstić information content (AvgIpc) is 2.31. The van der Waals surface area contributed by atoms with E-state index in [4.69, 9.17) is 4.11 Å². The van der Waals surface area contributed by atoms with Gasteiger partial charge >= 0.3 is 6.18 Å². The predicted molar refractivity (Wildman–Crippen MR) is 40.5 cm³/mol. The zero-order chi connectivity index (χ0) is 11.0. The van der Waals surface area contributed by atoms with Gasteiger partial charge in [-0.3, -0.25) is 0 Å². The fourth-order valence-electron chi connectivity index (χ4n) is 1.06. The fourth-order valence-corrected chi connectivity index (χ4v) is 1.06. The Kier molecular flexibility index (Phi) is 2.35. The number of methoxy groups -OCH3 is 1. The van der Waals surface area contributed by atoms with Crippen LogP contribution in [0.1, 0.15) is 10.5 Å². The highest BCUT2D eigenvalue weighted by atomic mass is 35.5. The zero-order valence-electron chi connectivity index (χ0n) is 9.07. The first kappa shape index (κ1) is 7.41. The highest BCUT2D eigenvalue weighted by Gasteiger charge is 2.56. The Balaban J connectivity index is 0.00000196. The van der Waals surface area contributed by atoms with Gasteiger partial charge in [0.15, 0.2) is 5.60 Å². The molecule has 1 fully saturated rings. The van der Waals surface area contributed by atoms with Crippen LogP contribution in [0.5, 0.6) is 0 Å². The van der Waals surface area contributed by atoms with Crippen LogP contribution in [0.3, 0.4) is 0 Å². The molecule has 12 heavy (non-hydrogen) atoms. The molecule has 0 aromatic rings. The zero-order valence-corrected chi connectivity index (χ0v) is 6.89. The van der Waals surface area contributed by atoms with Crippen molar-refractivity contribution in [3.05, 3.63) is 0 Å². The third-order valence-corrected chi connectivity index (χ3v) is 1.83. The van der Waals surface area contributed by atoms with Crippen LogP contribution in [-0.2, 0) is 4.74 Å². The number of alkyl halides is 3. The number of nitrogens with one attached hydrogen (secondary N) is 1. The summed E-state index contributed by atoms with van der Waals surface area (Å²) in [5.41, 5.74) is -2.56. The molecule has 1 aliphatic heterocycles. The third-order valence-electron chi connectivity index (χ3n) is 1.83. The summed E-state index contributed by atoms with van der Waals surface area (Å²) < 4.78 is 61.8. The van der Waals surface area contributed by atoms with Crippen LogP contribution in [0.15, 0.2) is 0 Å². The molecule has 1 unspecified atom stereocenters. The summed E-state index contributed by atoms with van der Waals surface area (Å²) in [7, 11) is -3.03. The molecule has 1 saturated heterocycles. The molecule has 0 amide bonds. The summed E-state index contributed by atoms with van der Waals surface area (Å²) >= 11 is 0. The van der Waals surface area contributed by atoms with Crippen LogP contribution < -0.4 is 5.32 Å². The van der Waals surface area contributed by atoms with Crippen molar-refractivity contribution in [2.75, 3.05) is 20.1 Å². The number of halogens is 4. The van der Waals surface area contributed by atoms with E-state index in [1.807, 2.05) is 0 Å². The van der Waals surface area contributed by atoms with Gasteiger partial charge in [-0.25, -0.2) is 0 Å². The van der Waals surface area contributed by atoms with E-state index in [0.717, 1.165) is 0 Å². The van der Waals surface area contributed by atoms with Gasteiger partial charge in [0.1, 0.15) is 0 Å². The van der Waals surface area contributed by atoms with Gasteiger partial charge in [0.25, 0.3) is 0 Å². The predicted octanol–water partition coefficient (Wildman–Crippen LogP) is 1.35. The molecule has 1 rings (SSSR count). The summed E-state index contributed by atoms with van der Waals surface area (Å²) in [6.07, 6.45) is -5.03. The molecule has 1 heterocycles. The maximum Gasteiger partial charge on any atom is 0.418 e. The van der Waals surface area contributed by atoms with Crippen LogP contribution in [0.2, 0.25) is 0 Å². The lowest BCUT2D eigenvalue weighted by Gasteiger charge is -2.28. The van der Waals surface area contributed by atoms with Crippen LogP contribution in [0, 0.1) is 0 Å². The lowest BCUT2D eigenvalue weighted by atomic mass is 10.0. The molecular formula is C6H11ClF3NO. The van der Waals surface area contributed by atoms with E-state index in [0.29, 0.717) is 0 Å². The molecule has 0 aromatic carbocycles. The molecule has 0 saturated carbocycles. The van der Waals surface area contributed by atoms with Crippen molar-refractivity contribution in [2.24, 2.45) is 0 Å². The maximum absolute atomic E-state index is 12.5. The highest BCUT2D eigenvalue weighted by molar-refractivity contribution is 5.85. The van der Waals surface area contributed by atoms with Crippen molar-refractivity contribution < 1.29 is 22.0 Å². The van der Waals surface area contributed by atoms with Crippen molar-refractivity contribution in [3.8, 4) is 0 Å². The topological polar surface area (TPSA) is 21.3 Å². The molecule has 0 radical (unpaired) electrons. The van der Waals surface area contributed by atoms with Crippen LogP contribution in [-0.4, -0.2) is 31.9 Å². The minimum atomic E-state index is -4.66. The van der Waals surface area contributed by atoms with Crippen molar-refractivity contribution in [2.45, 2.75) is 18.2 Å². The van der Waals surface area contributed by atoms with Crippen LogP contribution >= 0.6 is 12.4 Å². The molecule has 0 aliphatic carbocycles. The summed E-state index contributed by atoms with van der Waals surface area (Å²) in [6.45, 7) is -0.398. The summed E-state index contributed by atoms with van der Waals surface area (Å²) in [5.74, 6) is 0. The minimum Gasteiger partial charge on any atom is -0.367 e. The van der Waals surface area contributed by atoms with Crippen molar-refractivity contribution in [1.82, 2.24) is 5.32 Å². The van der Waals surface area contributed by atoms with E-state index in [2.05, 4.69) is 10.1 Å². The second kappa shape index (κ2) is 3.81. The molecule has 0 bridgehead atoms. The van der Waals surface area contributed by atoms with E-state index >= 15 is 0 Å². The Morgan fingerprint density at radius 1 is 1.58 bits per heavy atom. The molecule has 2 nitrogen and oxygen atoms in total. The summed E-state index contributed by atoms with van der Waals surface area (Å²) in [4.78, 5) is 0. The van der Waals surface area contributed by atoms with E-state index < -0.39 is 25.4 Å². The first-order valence-electron chi connectivity index (χ1n) is 4.64. The van der Waals surface area contributed by atoms with Gasteiger partial charge in [-0.15, -0.1) is 12.4 Å². The second-order valence-corrected chi connectivity index (χ2v) is 2.52. The van der Waals surface area contributed by atoms with Gasteiger partial charge in [0.2, 0.25) is 0 Å². The van der Waals surface area contributed by atoms with Crippen molar-refractivity contribution in [1.29, 1.82) is 0 Å². The Morgan fingerprint density at radius 3 is 2.58 bits per heavy atom. The normalized spacial score (nSPS) is 34.8. The summed E-state index contributed by atoms with van der Waals surface area (Å²) in [6, 6.07) is 0. The standard InChI is InChI=1S/C6H10F3NO.ClH/c1-11-5(6(7,8)9)2-3-10-4-5;/h10H,2-4H2,1H3;1H/i1D3;. The van der Waals surface area contributed by atoms with E-state index in [1.54, 1.807) is 0 Å². The molecule has 0 aromatic heterocycles. The van der Waals surface area contributed by atoms with Gasteiger partial charge in [0, 0.05) is 13.6 Å². The highest BCUT2D eigenvalue weighted by Crippen LogP contribution is 2.37. The van der Waals surface area contributed by atoms with Gasteiger partial charge in [0.05, 0.1) is 4.11 Å². The molecular weight excluding hydrogens is 195 g/mol. The van der Waals surface area contributed by atoms with Crippen molar-refractivity contribution >= 4 is 12.4 Å². The Labute approximate surface area is 79.1 Å². The smallest absolute Gasteiger partial charge is 0.367 e. The largest absolute Gasteiger partial charge is 0.418 e. The lowest BCUT2D eigenvalue weighted by Crippen LogP contribution is -2.48. The Hall–Kier alpha value is -0.0000000000000000486. The SMILES string of the molecule is Cl.[2H]C([2H])([2H])OC1(C(F)(F)F)CCNC1. The monoisotopic (exact) mass is 208 g/mol. The van der Waals surface area contributed by atoms with Gasteiger partial charge < -0.3 is 10.1 Å². The molecule has 1 aliphatic rings. The maximum atomic E-state index is 12.5. The van der Waals surface area contributed by atoms with E-state index in [1.165, 1.54) is 0 Å². The third kappa shape index (κ3) is 1.84. The number of hydrogen-bond acceptors (Lipinski definition) is 2. The van der Waals surface area contributed by atoms with Crippen LogP contribution in [0.25, 0.3) is 0 Å². The van der Waals surface area contributed by atoms with E-state index in [-0.39, 0.29) is 25.4 Å². The fraction of sp³-hybridized carbons (Fsp3) is 1.00. The first-order valence-corrected chi connectivity index (χ1v) is 3.14. The van der Waals surface area contributed by atoms with Gasteiger partial charge in [-0.1, -0.05) is 0 Å². The molecule has 1 atom stereocenters.